The zero-order valence-corrected chi connectivity index (χ0v) is 16.4. The number of rotatable bonds is 5. The Bertz CT molecular complexity index is 870. The molecule has 1 atom stereocenters. The van der Waals surface area contributed by atoms with Crippen molar-refractivity contribution in [2.24, 2.45) is 0 Å². The monoisotopic (exact) mass is 380 g/mol. The lowest BCUT2D eigenvalue weighted by Crippen LogP contribution is -2.47. The minimum absolute atomic E-state index is 0.224. The quantitative estimate of drug-likeness (QED) is 0.717. The molecule has 1 saturated heterocycles. The van der Waals surface area contributed by atoms with Gasteiger partial charge in [-0.3, -0.25) is 14.9 Å². The van der Waals surface area contributed by atoms with E-state index in [2.05, 4.69) is 69.4 Å². The number of aromatic nitrogens is 2. The number of benzene rings is 2. The van der Waals surface area contributed by atoms with E-state index in [4.69, 9.17) is 11.6 Å². The number of nitrogens with zero attached hydrogens (tertiary/aromatic N) is 3. The van der Waals surface area contributed by atoms with Gasteiger partial charge in [0.05, 0.1) is 11.7 Å². The second-order valence-electron chi connectivity index (χ2n) is 7.21. The Kier molecular flexibility index (Phi) is 5.58. The van der Waals surface area contributed by atoms with Crippen molar-refractivity contribution in [1.82, 2.24) is 20.0 Å². The van der Waals surface area contributed by atoms with Crippen LogP contribution in [-0.2, 0) is 6.54 Å². The summed E-state index contributed by atoms with van der Waals surface area (Å²) in [5.74, 6) is 0. The topological polar surface area (TPSA) is 35.2 Å². The highest BCUT2D eigenvalue weighted by Gasteiger charge is 2.28. The van der Waals surface area contributed by atoms with Crippen molar-refractivity contribution in [3.05, 3.63) is 88.2 Å². The first-order valence-electron chi connectivity index (χ1n) is 9.46. The van der Waals surface area contributed by atoms with Crippen LogP contribution in [0.5, 0.6) is 0 Å². The lowest BCUT2D eigenvalue weighted by atomic mass is 9.96. The lowest BCUT2D eigenvalue weighted by Gasteiger charge is -2.39. The summed E-state index contributed by atoms with van der Waals surface area (Å²) in [4.78, 5) is 5.06. The Morgan fingerprint density at radius 2 is 1.85 bits per heavy atom. The van der Waals surface area contributed by atoms with Gasteiger partial charge in [0.1, 0.15) is 0 Å². The number of nitrogens with one attached hydrogen (secondary N) is 1. The van der Waals surface area contributed by atoms with Crippen LogP contribution >= 0.6 is 11.6 Å². The van der Waals surface area contributed by atoms with Crippen LogP contribution in [0.25, 0.3) is 0 Å². The van der Waals surface area contributed by atoms with Gasteiger partial charge in [-0.25, -0.2) is 0 Å². The molecule has 4 nitrogen and oxygen atoms in total. The number of hydrogen-bond donors (Lipinski definition) is 1. The van der Waals surface area contributed by atoms with E-state index in [-0.39, 0.29) is 6.04 Å². The van der Waals surface area contributed by atoms with E-state index >= 15 is 0 Å². The summed E-state index contributed by atoms with van der Waals surface area (Å²) in [5, 5.41) is 8.21. The van der Waals surface area contributed by atoms with Gasteiger partial charge in [-0.05, 0) is 41.8 Å². The average molecular weight is 381 g/mol. The third-order valence-corrected chi connectivity index (χ3v) is 5.60. The largest absolute Gasteiger partial charge is 0.297 e. The highest BCUT2D eigenvalue weighted by Crippen LogP contribution is 2.30. The van der Waals surface area contributed by atoms with E-state index in [0.717, 1.165) is 43.4 Å². The Labute approximate surface area is 165 Å². The highest BCUT2D eigenvalue weighted by atomic mass is 35.5. The van der Waals surface area contributed by atoms with Crippen LogP contribution in [0.4, 0.5) is 0 Å². The van der Waals surface area contributed by atoms with E-state index in [9.17, 15) is 0 Å². The molecule has 140 valence electrons. The molecule has 1 fully saturated rings. The van der Waals surface area contributed by atoms with Gasteiger partial charge in [0.25, 0.3) is 0 Å². The molecule has 2 heterocycles. The minimum Gasteiger partial charge on any atom is -0.297 e. The molecule has 1 aromatic heterocycles. The van der Waals surface area contributed by atoms with Crippen LogP contribution in [0.2, 0.25) is 5.02 Å². The normalized spacial score (nSPS) is 17.1. The minimum atomic E-state index is 0.224. The molecule has 0 amide bonds. The van der Waals surface area contributed by atoms with E-state index in [0.29, 0.717) is 0 Å². The maximum atomic E-state index is 6.13. The van der Waals surface area contributed by atoms with E-state index < -0.39 is 0 Å². The fourth-order valence-corrected chi connectivity index (χ4v) is 4.16. The van der Waals surface area contributed by atoms with Gasteiger partial charge in [0.15, 0.2) is 0 Å². The molecular formula is C22H25ClN4. The van der Waals surface area contributed by atoms with Crippen molar-refractivity contribution in [2.45, 2.75) is 19.5 Å². The standard InChI is InChI=1S/C22H25ClN4/c1-17-5-2-3-8-20(17)22(21-9-10-24-25-21)27-13-11-26(12-14-27)16-18-6-4-7-19(23)15-18/h2-10,15,22H,11-14,16H2,1H3,(H,24,25). The molecular weight excluding hydrogens is 356 g/mol. The maximum Gasteiger partial charge on any atom is 0.0774 e. The van der Waals surface area contributed by atoms with Crippen molar-refractivity contribution in [3.8, 4) is 0 Å². The summed E-state index contributed by atoms with van der Waals surface area (Å²) in [6.45, 7) is 7.28. The van der Waals surface area contributed by atoms with Gasteiger partial charge in [0, 0.05) is 43.9 Å². The first-order chi connectivity index (χ1) is 13.2. The summed E-state index contributed by atoms with van der Waals surface area (Å²) in [7, 11) is 0. The Balaban J connectivity index is 1.48. The molecule has 1 aliphatic rings. The first-order valence-corrected chi connectivity index (χ1v) is 9.84. The SMILES string of the molecule is Cc1ccccc1C(c1ccn[nH]1)N1CCN(Cc2cccc(Cl)c2)CC1. The molecule has 0 radical (unpaired) electrons. The Hall–Kier alpha value is -2.14. The Morgan fingerprint density at radius 3 is 2.56 bits per heavy atom. The first kappa shape index (κ1) is 18.2. The van der Waals surface area contributed by atoms with E-state index in [1.165, 1.54) is 16.7 Å². The summed E-state index contributed by atoms with van der Waals surface area (Å²) in [6.07, 6.45) is 1.84. The lowest BCUT2D eigenvalue weighted by molar-refractivity contribution is 0.103. The van der Waals surface area contributed by atoms with Crippen molar-refractivity contribution in [3.63, 3.8) is 0 Å². The van der Waals surface area contributed by atoms with Gasteiger partial charge in [0.2, 0.25) is 0 Å². The summed E-state index contributed by atoms with van der Waals surface area (Å²) < 4.78 is 0. The fraction of sp³-hybridized carbons (Fsp3) is 0.318. The van der Waals surface area contributed by atoms with Crippen LogP contribution in [0.15, 0.2) is 60.8 Å². The van der Waals surface area contributed by atoms with Gasteiger partial charge in [-0.1, -0.05) is 48.0 Å². The van der Waals surface area contributed by atoms with Gasteiger partial charge in [-0.2, -0.15) is 5.10 Å². The number of aromatic amines is 1. The molecule has 5 heteroatoms. The van der Waals surface area contributed by atoms with Gasteiger partial charge < -0.3 is 0 Å². The number of piperazine rings is 1. The average Bonchev–Trinajstić information content (AvgIpc) is 3.19. The third kappa shape index (κ3) is 4.24. The Morgan fingerprint density at radius 1 is 1.04 bits per heavy atom. The molecule has 0 spiro atoms. The zero-order chi connectivity index (χ0) is 18.6. The van der Waals surface area contributed by atoms with Crippen LogP contribution in [0.1, 0.15) is 28.4 Å². The van der Waals surface area contributed by atoms with Gasteiger partial charge in [-0.15, -0.1) is 0 Å². The van der Waals surface area contributed by atoms with Crippen LogP contribution < -0.4 is 0 Å². The second kappa shape index (κ2) is 8.26. The third-order valence-electron chi connectivity index (χ3n) is 5.37. The molecule has 0 bridgehead atoms. The van der Waals surface area contributed by atoms with Crippen molar-refractivity contribution in [2.75, 3.05) is 26.2 Å². The van der Waals surface area contributed by atoms with Crippen LogP contribution in [-0.4, -0.2) is 46.2 Å². The predicted molar refractivity (Wildman–Crippen MR) is 110 cm³/mol. The molecule has 2 aromatic carbocycles. The van der Waals surface area contributed by atoms with Crippen molar-refractivity contribution < 1.29 is 0 Å². The maximum absolute atomic E-state index is 6.13. The predicted octanol–water partition coefficient (Wildman–Crippen LogP) is 4.28. The molecule has 27 heavy (non-hydrogen) atoms. The molecule has 3 aromatic rings. The van der Waals surface area contributed by atoms with Crippen LogP contribution in [0.3, 0.4) is 0 Å². The second-order valence-corrected chi connectivity index (χ2v) is 7.65. The molecule has 1 aliphatic heterocycles. The van der Waals surface area contributed by atoms with Gasteiger partial charge >= 0.3 is 0 Å². The molecule has 1 unspecified atom stereocenters. The molecule has 0 saturated carbocycles. The van der Waals surface area contributed by atoms with E-state index in [1.54, 1.807) is 0 Å². The zero-order valence-electron chi connectivity index (χ0n) is 15.6. The van der Waals surface area contributed by atoms with E-state index in [1.807, 2.05) is 18.3 Å². The number of H-pyrrole nitrogens is 1. The smallest absolute Gasteiger partial charge is 0.0774 e. The summed E-state index contributed by atoms with van der Waals surface area (Å²) >= 11 is 6.13. The fourth-order valence-electron chi connectivity index (χ4n) is 3.95. The molecule has 1 N–H and O–H groups in total. The van der Waals surface area contributed by atoms with Crippen LogP contribution in [0, 0.1) is 6.92 Å². The summed E-state index contributed by atoms with van der Waals surface area (Å²) in [6, 6.07) is 19.1. The summed E-state index contributed by atoms with van der Waals surface area (Å²) in [5.41, 5.74) is 5.11. The molecule has 0 aliphatic carbocycles. The van der Waals surface area contributed by atoms with Crippen molar-refractivity contribution in [1.29, 1.82) is 0 Å². The highest BCUT2D eigenvalue weighted by molar-refractivity contribution is 6.30. The van der Waals surface area contributed by atoms with Crippen molar-refractivity contribution >= 4 is 11.6 Å². The number of aryl methyl sites for hydroxylation is 1. The number of halogens is 1. The number of hydrogen-bond acceptors (Lipinski definition) is 3. The molecule has 4 rings (SSSR count).